The molecule has 0 heterocycles. The monoisotopic (exact) mass is 749 g/mol. The molecule has 55 heavy (non-hydrogen) atoms. The molecule has 0 radical (unpaired) electrons. The highest BCUT2D eigenvalue weighted by Gasteiger charge is 2.57. The molecule has 2 bridgehead atoms. The predicted octanol–water partition coefficient (Wildman–Crippen LogP) is 16.8. The Balaban J connectivity index is 0.000000375. The molecule has 0 saturated heterocycles. The lowest BCUT2D eigenvalue weighted by Crippen LogP contribution is -2.50. The first kappa shape index (κ1) is 41.8. The van der Waals surface area contributed by atoms with Crippen LogP contribution in [0.4, 0.5) is 0 Å². The van der Waals surface area contributed by atoms with Gasteiger partial charge in [-0.2, -0.15) is 0 Å². The van der Waals surface area contributed by atoms with Gasteiger partial charge in [0.25, 0.3) is 0 Å². The molecule has 0 N–H and O–H groups in total. The van der Waals surface area contributed by atoms with Gasteiger partial charge in [-0.15, -0.1) is 0 Å². The van der Waals surface area contributed by atoms with E-state index in [0.717, 1.165) is 71.0 Å². The molecule has 0 spiro atoms. The third-order valence-corrected chi connectivity index (χ3v) is 18.1. The molecule has 0 aromatic heterocycles. The van der Waals surface area contributed by atoms with Crippen molar-refractivity contribution < 1.29 is 0 Å². The summed E-state index contributed by atoms with van der Waals surface area (Å²) >= 11 is 0. The van der Waals surface area contributed by atoms with E-state index in [1.807, 2.05) is 47.3 Å². The Morgan fingerprint density at radius 3 is 1.76 bits per heavy atom. The zero-order chi connectivity index (χ0) is 39.3. The molecular formula is C55H88. The molecule has 9 aliphatic rings. The van der Waals surface area contributed by atoms with Gasteiger partial charge in [0.1, 0.15) is 0 Å². The van der Waals surface area contributed by atoms with E-state index in [9.17, 15) is 0 Å². The first-order chi connectivity index (χ1) is 26.5. The van der Waals surface area contributed by atoms with Crippen molar-refractivity contribution in [2.45, 2.75) is 205 Å². The minimum absolute atomic E-state index is 0.691. The van der Waals surface area contributed by atoms with Gasteiger partial charge in [-0.25, -0.2) is 0 Å². The van der Waals surface area contributed by atoms with Crippen LogP contribution in [0, 0.1) is 82.9 Å². The van der Waals surface area contributed by atoms with Crippen molar-refractivity contribution in [2.75, 3.05) is 0 Å². The molecule has 308 valence electrons. The topological polar surface area (TPSA) is 0 Å². The Hall–Kier alpha value is -1.30. The highest BCUT2D eigenvalue weighted by molar-refractivity contribution is 5.57. The van der Waals surface area contributed by atoms with Crippen molar-refractivity contribution in [1.29, 1.82) is 0 Å². The smallest absolute Gasteiger partial charge is 0.0122 e. The summed E-state index contributed by atoms with van der Waals surface area (Å²) in [6, 6.07) is 0. The summed E-state index contributed by atoms with van der Waals surface area (Å²) in [5.41, 5.74) is 20.0. The summed E-state index contributed by atoms with van der Waals surface area (Å²) in [5, 5.41) is 0. The molecule has 1 fully saturated rings. The lowest BCUT2D eigenvalue weighted by molar-refractivity contribution is 0.183. The van der Waals surface area contributed by atoms with Gasteiger partial charge in [-0.05, 0) is 168 Å². The summed E-state index contributed by atoms with van der Waals surface area (Å²) in [7, 11) is 0. The van der Waals surface area contributed by atoms with Crippen LogP contribution >= 0.6 is 0 Å². The number of allylic oxidation sites excluding steroid dienone is 10. The molecule has 13 unspecified atom stereocenters. The third-order valence-electron chi connectivity index (χ3n) is 18.1. The molecule has 0 aromatic rings. The van der Waals surface area contributed by atoms with Crippen molar-refractivity contribution in [3.8, 4) is 0 Å². The molecule has 9 rings (SSSR count). The van der Waals surface area contributed by atoms with Crippen LogP contribution in [0.5, 0.6) is 0 Å². The van der Waals surface area contributed by atoms with Gasteiger partial charge in [0, 0.05) is 17.8 Å². The van der Waals surface area contributed by atoms with Gasteiger partial charge < -0.3 is 0 Å². The Morgan fingerprint density at radius 2 is 1.04 bits per heavy atom. The minimum Gasteiger partial charge on any atom is -0.0683 e. The number of fused-ring (bicyclic) bond motifs is 1. The summed E-state index contributed by atoms with van der Waals surface area (Å²) in [6.07, 6.45) is 27.4. The number of hydrogen-bond acceptors (Lipinski definition) is 0. The van der Waals surface area contributed by atoms with Crippen molar-refractivity contribution in [3.63, 3.8) is 0 Å². The van der Waals surface area contributed by atoms with Crippen molar-refractivity contribution in [3.05, 3.63) is 55.7 Å². The van der Waals surface area contributed by atoms with Crippen LogP contribution in [0.3, 0.4) is 0 Å². The summed E-state index contributed by atoms with van der Waals surface area (Å²) in [4.78, 5) is 0. The predicted molar refractivity (Wildman–Crippen MR) is 240 cm³/mol. The quantitative estimate of drug-likeness (QED) is 0.246. The molecule has 1 saturated carbocycles. The van der Waals surface area contributed by atoms with Crippen LogP contribution in [-0.4, -0.2) is 0 Å². The van der Waals surface area contributed by atoms with E-state index in [1.54, 1.807) is 0 Å². The molecule has 0 amide bonds. The zero-order valence-electron chi connectivity index (χ0n) is 38.5. The van der Waals surface area contributed by atoms with Crippen LogP contribution in [0.1, 0.15) is 205 Å². The van der Waals surface area contributed by atoms with Crippen molar-refractivity contribution >= 4 is 0 Å². The molecule has 0 aromatic carbocycles. The summed E-state index contributed by atoms with van der Waals surface area (Å²) < 4.78 is 0. The molecule has 0 nitrogen and oxygen atoms in total. The van der Waals surface area contributed by atoms with E-state index in [0.29, 0.717) is 11.8 Å². The fourth-order valence-corrected chi connectivity index (χ4v) is 15.7. The highest BCUT2D eigenvalue weighted by Crippen LogP contribution is 2.69. The second-order valence-corrected chi connectivity index (χ2v) is 21.5. The van der Waals surface area contributed by atoms with Gasteiger partial charge in [0.15, 0.2) is 0 Å². The average Bonchev–Trinajstić information content (AvgIpc) is 3.18. The third kappa shape index (κ3) is 7.36. The molecular weight excluding hydrogens is 661 g/mol. The second-order valence-electron chi connectivity index (χ2n) is 21.5. The fraction of sp³-hybridized carbons (Fsp3) is 0.818. The van der Waals surface area contributed by atoms with Crippen LogP contribution in [0.2, 0.25) is 0 Å². The first-order valence-electron chi connectivity index (χ1n) is 25.2. The Labute approximate surface area is 342 Å². The van der Waals surface area contributed by atoms with Gasteiger partial charge in [0.2, 0.25) is 0 Å². The van der Waals surface area contributed by atoms with E-state index < -0.39 is 0 Å². The normalized spacial score (nSPS) is 39.9. The second kappa shape index (κ2) is 17.5. The molecule has 0 heteroatoms. The van der Waals surface area contributed by atoms with Crippen LogP contribution < -0.4 is 0 Å². The standard InChI is InChI=1S/C44H62.C9H20.C2H6/c1-23-19-22-35(38-25(3)12-8-15-30(23)38)41-33-17-9-14-29-13-7-11-24(2)36-27(5)37-26(4)20-21-32-31-16-10-18-34(41)42(31)44(40(29)33)39(28(36)6)43(32)37;1-5-9(4)7-6-8(2)3;1-2/h23-27,29,31-32,35,39,41,44H,7-22H2,1-6H3;8-9H,5-7H2,1-4H3;1-2H3. The van der Waals surface area contributed by atoms with E-state index in [4.69, 9.17) is 0 Å². The van der Waals surface area contributed by atoms with E-state index >= 15 is 0 Å². The Bertz CT molecular complexity index is 1530. The average molecular weight is 749 g/mol. The van der Waals surface area contributed by atoms with Gasteiger partial charge in [0.05, 0.1) is 0 Å². The van der Waals surface area contributed by atoms with Crippen LogP contribution in [0.15, 0.2) is 55.7 Å². The SMILES string of the molecule is CC.CC1=C2C(C)CCCC3CCCC4=C3C3C5=C(CCCC5C5CCC(C)C(=C5C13)C2C)C4C1CCC(C)C2=C1C(C)CCC2.CCC(C)CCC(C)C. The largest absolute Gasteiger partial charge is 0.0683 e. The lowest BCUT2D eigenvalue weighted by Gasteiger charge is -2.61. The summed E-state index contributed by atoms with van der Waals surface area (Å²) in [5.74, 6) is 11.4. The maximum atomic E-state index is 2.67. The van der Waals surface area contributed by atoms with Crippen LogP contribution in [-0.2, 0) is 0 Å². The van der Waals surface area contributed by atoms with Gasteiger partial charge >= 0.3 is 0 Å². The van der Waals surface area contributed by atoms with Gasteiger partial charge in [-0.3, -0.25) is 0 Å². The minimum atomic E-state index is 0.691. The van der Waals surface area contributed by atoms with Gasteiger partial charge in [-0.1, -0.05) is 158 Å². The molecule has 13 atom stereocenters. The zero-order valence-corrected chi connectivity index (χ0v) is 38.5. The first-order valence-corrected chi connectivity index (χ1v) is 25.2. The molecule has 9 aliphatic carbocycles. The maximum Gasteiger partial charge on any atom is 0.0122 e. The summed E-state index contributed by atoms with van der Waals surface area (Å²) in [6.45, 7) is 29.0. The van der Waals surface area contributed by atoms with Crippen molar-refractivity contribution in [1.82, 2.24) is 0 Å². The fourth-order valence-electron chi connectivity index (χ4n) is 15.7. The van der Waals surface area contributed by atoms with Crippen LogP contribution in [0.25, 0.3) is 0 Å². The van der Waals surface area contributed by atoms with Crippen molar-refractivity contribution in [2.24, 2.45) is 82.9 Å². The van der Waals surface area contributed by atoms with E-state index in [-0.39, 0.29) is 0 Å². The number of hydrogen-bond donors (Lipinski definition) is 0. The maximum absolute atomic E-state index is 2.67. The molecule has 0 aliphatic heterocycles. The number of rotatable bonds is 5. The Kier molecular flexibility index (Phi) is 13.3. The van der Waals surface area contributed by atoms with E-state index in [1.165, 1.54) is 122 Å². The Morgan fingerprint density at radius 1 is 0.473 bits per heavy atom. The lowest BCUT2D eigenvalue weighted by atomic mass is 9.44. The van der Waals surface area contributed by atoms with E-state index in [2.05, 4.69) is 91.5 Å². The highest BCUT2D eigenvalue weighted by atomic mass is 14.6.